The fraction of sp³-hybridized carbons (Fsp3) is 0.750. The second-order valence-electron chi connectivity index (χ2n) is 2.93. The molecular formula is C8H13N2O2. The molecule has 4 nitrogen and oxygen atoms in total. The highest BCUT2D eigenvalue weighted by molar-refractivity contribution is 5.73. The van der Waals surface area contributed by atoms with Crippen LogP contribution in [0.3, 0.4) is 0 Å². The molecule has 1 amide bonds. The number of hydrogen-bond donors (Lipinski definition) is 0. The van der Waals surface area contributed by atoms with Gasteiger partial charge in [0.2, 0.25) is 12.2 Å². The van der Waals surface area contributed by atoms with Crippen molar-refractivity contribution in [2.45, 2.75) is 6.92 Å². The zero-order valence-corrected chi connectivity index (χ0v) is 7.25. The van der Waals surface area contributed by atoms with E-state index >= 15 is 0 Å². The van der Waals surface area contributed by atoms with Gasteiger partial charge in [0, 0.05) is 33.1 Å². The van der Waals surface area contributed by atoms with Crippen LogP contribution in [0.1, 0.15) is 6.92 Å². The van der Waals surface area contributed by atoms with Crippen LogP contribution in [-0.2, 0) is 9.59 Å². The van der Waals surface area contributed by atoms with Crippen molar-refractivity contribution >= 4 is 12.2 Å². The van der Waals surface area contributed by atoms with Crippen LogP contribution in [0, 0.1) is 0 Å². The van der Waals surface area contributed by atoms with Crippen molar-refractivity contribution in [2.75, 3.05) is 32.7 Å². The molecule has 0 aromatic rings. The van der Waals surface area contributed by atoms with E-state index in [0.717, 1.165) is 26.2 Å². The summed E-state index contributed by atoms with van der Waals surface area (Å²) in [7, 11) is 0. The van der Waals surface area contributed by atoms with E-state index in [1.165, 1.54) is 0 Å². The number of hydrogen-bond acceptors (Lipinski definition) is 3. The van der Waals surface area contributed by atoms with Gasteiger partial charge in [0.25, 0.3) is 0 Å². The predicted octanol–water partition coefficient (Wildman–Crippen LogP) is -0.740. The van der Waals surface area contributed by atoms with Gasteiger partial charge in [0.1, 0.15) is 0 Å². The molecule has 1 fully saturated rings. The molecule has 1 aliphatic rings. The van der Waals surface area contributed by atoms with Gasteiger partial charge in [-0.1, -0.05) is 0 Å². The number of carbonyl (C=O) groups is 1. The zero-order chi connectivity index (χ0) is 8.97. The lowest BCUT2D eigenvalue weighted by Gasteiger charge is -2.32. The number of nitrogens with zero attached hydrogens (tertiary/aromatic N) is 2. The molecular weight excluding hydrogens is 156 g/mol. The summed E-state index contributed by atoms with van der Waals surface area (Å²) in [6.45, 7) is 4.98. The molecule has 67 valence electrons. The number of amides is 1. The van der Waals surface area contributed by atoms with Gasteiger partial charge in [-0.25, -0.2) is 0 Å². The Morgan fingerprint density at radius 2 is 1.92 bits per heavy atom. The van der Waals surface area contributed by atoms with E-state index in [0.29, 0.717) is 6.54 Å². The van der Waals surface area contributed by atoms with Crippen LogP contribution in [0.4, 0.5) is 0 Å². The Morgan fingerprint density at radius 1 is 1.33 bits per heavy atom. The normalized spacial score (nSPS) is 19.2. The lowest BCUT2D eigenvalue weighted by Crippen LogP contribution is -2.48. The van der Waals surface area contributed by atoms with Crippen LogP contribution in [0.25, 0.3) is 0 Å². The van der Waals surface area contributed by atoms with Gasteiger partial charge in [-0.05, 0) is 0 Å². The molecule has 1 saturated heterocycles. The highest BCUT2D eigenvalue weighted by atomic mass is 16.2. The van der Waals surface area contributed by atoms with Crippen molar-refractivity contribution in [2.24, 2.45) is 0 Å². The first-order chi connectivity index (χ1) is 5.74. The Bertz CT molecular complexity index is 174. The molecule has 0 N–H and O–H groups in total. The summed E-state index contributed by atoms with van der Waals surface area (Å²) < 4.78 is 0. The fourth-order valence-corrected chi connectivity index (χ4v) is 1.31. The van der Waals surface area contributed by atoms with E-state index in [9.17, 15) is 9.59 Å². The maximum absolute atomic E-state index is 10.9. The number of piperazine rings is 1. The zero-order valence-electron chi connectivity index (χ0n) is 7.25. The molecule has 1 aliphatic heterocycles. The Hall–Kier alpha value is -0.900. The van der Waals surface area contributed by atoms with Crippen molar-refractivity contribution in [1.29, 1.82) is 0 Å². The maximum Gasteiger partial charge on any atom is 0.219 e. The van der Waals surface area contributed by atoms with Crippen LogP contribution < -0.4 is 0 Å². The predicted molar refractivity (Wildman–Crippen MR) is 44.4 cm³/mol. The van der Waals surface area contributed by atoms with E-state index in [2.05, 4.69) is 0 Å². The summed E-state index contributed by atoms with van der Waals surface area (Å²) in [6.07, 6.45) is 1.85. The van der Waals surface area contributed by atoms with Crippen molar-refractivity contribution in [1.82, 2.24) is 9.80 Å². The molecule has 0 spiro atoms. The molecule has 4 heteroatoms. The Morgan fingerprint density at radius 3 is 2.33 bits per heavy atom. The second kappa shape index (κ2) is 4.21. The van der Waals surface area contributed by atoms with Crippen LogP contribution in [0.5, 0.6) is 0 Å². The van der Waals surface area contributed by atoms with E-state index in [4.69, 9.17) is 0 Å². The number of carbonyl (C=O) groups excluding carboxylic acids is 2. The largest absolute Gasteiger partial charge is 0.340 e. The lowest BCUT2D eigenvalue weighted by atomic mass is 10.3. The Balaban J connectivity index is 2.29. The third-order valence-corrected chi connectivity index (χ3v) is 2.11. The molecule has 0 saturated carbocycles. The van der Waals surface area contributed by atoms with Crippen LogP contribution in [-0.4, -0.2) is 54.7 Å². The van der Waals surface area contributed by atoms with Crippen LogP contribution in [0.15, 0.2) is 0 Å². The molecule has 0 aromatic heterocycles. The molecule has 0 aliphatic carbocycles. The first-order valence-corrected chi connectivity index (χ1v) is 4.07. The number of rotatable bonds is 2. The molecule has 0 atom stereocenters. The summed E-state index contributed by atoms with van der Waals surface area (Å²) in [6, 6.07) is 0. The highest BCUT2D eigenvalue weighted by Gasteiger charge is 2.17. The van der Waals surface area contributed by atoms with Gasteiger partial charge >= 0.3 is 0 Å². The van der Waals surface area contributed by atoms with Gasteiger partial charge in [-0.2, -0.15) is 0 Å². The van der Waals surface area contributed by atoms with Gasteiger partial charge in [0.05, 0.1) is 6.54 Å². The minimum atomic E-state index is 0.115. The summed E-state index contributed by atoms with van der Waals surface area (Å²) in [5, 5.41) is 0. The van der Waals surface area contributed by atoms with E-state index in [1.807, 2.05) is 11.2 Å². The van der Waals surface area contributed by atoms with Crippen molar-refractivity contribution in [3.8, 4) is 0 Å². The summed E-state index contributed by atoms with van der Waals surface area (Å²) >= 11 is 0. The molecule has 0 bridgehead atoms. The van der Waals surface area contributed by atoms with Crippen LogP contribution in [0.2, 0.25) is 0 Å². The first kappa shape index (κ1) is 9.19. The lowest BCUT2D eigenvalue weighted by molar-refractivity contribution is -0.130. The summed E-state index contributed by atoms with van der Waals surface area (Å²) in [5.41, 5.74) is 0. The smallest absolute Gasteiger partial charge is 0.219 e. The first-order valence-electron chi connectivity index (χ1n) is 4.07. The summed E-state index contributed by atoms with van der Waals surface area (Å²) in [5.74, 6) is 0.115. The minimum absolute atomic E-state index is 0.115. The quantitative estimate of drug-likeness (QED) is 0.546. The van der Waals surface area contributed by atoms with Gasteiger partial charge in [-0.15, -0.1) is 0 Å². The molecule has 12 heavy (non-hydrogen) atoms. The van der Waals surface area contributed by atoms with Gasteiger partial charge in [-0.3, -0.25) is 14.5 Å². The standard InChI is InChI=1S/C8H13N2O2/c1-8(12)10-4-2-9(3-5-10)6-7-11/h2-6H2,1H3. The van der Waals surface area contributed by atoms with Crippen LogP contribution >= 0.6 is 0 Å². The second-order valence-corrected chi connectivity index (χ2v) is 2.93. The minimum Gasteiger partial charge on any atom is -0.340 e. The van der Waals surface area contributed by atoms with Crippen molar-refractivity contribution < 1.29 is 9.59 Å². The van der Waals surface area contributed by atoms with Crippen molar-refractivity contribution in [3.63, 3.8) is 0 Å². The Labute approximate surface area is 72.1 Å². The topological polar surface area (TPSA) is 40.6 Å². The molecule has 1 rings (SSSR count). The van der Waals surface area contributed by atoms with E-state index in [1.54, 1.807) is 11.8 Å². The van der Waals surface area contributed by atoms with E-state index < -0.39 is 0 Å². The monoisotopic (exact) mass is 169 g/mol. The molecule has 0 aromatic carbocycles. The molecule has 0 unspecified atom stereocenters. The third kappa shape index (κ3) is 2.30. The fourth-order valence-electron chi connectivity index (χ4n) is 1.31. The average Bonchev–Trinajstić information content (AvgIpc) is 2.06. The highest BCUT2D eigenvalue weighted by Crippen LogP contribution is 2.00. The van der Waals surface area contributed by atoms with E-state index in [-0.39, 0.29) is 5.91 Å². The SMILES string of the molecule is CC(=O)N1CCN(C[C]=O)CC1. The summed E-state index contributed by atoms with van der Waals surface area (Å²) in [4.78, 5) is 24.7. The Kier molecular flexibility index (Phi) is 3.22. The van der Waals surface area contributed by atoms with Crippen molar-refractivity contribution in [3.05, 3.63) is 0 Å². The third-order valence-electron chi connectivity index (χ3n) is 2.11. The molecule has 1 heterocycles. The van der Waals surface area contributed by atoms with Gasteiger partial charge < -0.3 is 4.90 Å². The average molecular weight is 169 g/mol. The van der Waals surface area contributed by atoms with Gasteiger partial charge in [0.15, 0.2) is 0 Å². The molecule has 1 radical (unpaired) electrons. The maximum atomic E-state index is 10.9.